The molecule has 3 amide bonds. The van der Waals surface area contributed by atoms with E-state index < -0.39 is 12.1 Å². The van der Waals surface area contributed by atoms with Crippen molar-refractivity contribution in [1.29, 1.82) is 0 Å². The average Bonchev–Trinajstić information content (AvgIpc) is 2.44. The maximum absolute atomic E-state index is 12.0. The second-order valence-electron chi connectivity index (χ2n) is 5.82. The van der Waals surface area contributed by atoms with Gasteiger partial charge in [0, 0.05) is 12.2 Å². The van der Waals surface area contributed by atoms with Crippen molar-refractivity contribution in [1.82, 2.24) is 5.32 Å². The molecule has 0 aromatic heterocycles. The van der Waals surface area contributed by atoms with E-state index in [1.165, 1.54) is 5.56 Å². The van der Waals surface area contributed by atoms with Crippen LogP contribution >= 0.6 is 0 Å². The van der Waals surface area contributed by atoms with E-state index in [1.807, 2.05) is 24.3 Å². The molecule has 0 bridgehead atoms. The first-order valence-corrected chi connectivity index (χ1v) is 7.57. The summed E-state index contributed by atoms with van der Waals surface area (Å²) in [5, 5.41) is 5.26. The summed E-state index contributed by atoms with van der Waals surface area (Å²) in [7, 11) is 0. The topological polar surface area (TPSA) is 110 Å². The van der Waals surface area contributed by atoms with E-state index in [1.54, 1.807) is 0 Å². The average molecular weight is 306 g/mol. The smallest absolute Gasteiger partial charge is 0.312 e. The van der Waals surface area contributed by atoms with Crippen molar-refractivity contribution in [3.05, 3.63) is 29.8 Å². The van der Waals surface area contributed by atoms with Crippen LogP contribution < -0.4 is 22.1 Å². The van der Waals surface area contributed by atoms with Gasteiger partial charge < -0.3 is 22.1 Å². The summed E-state index contributed by atoms with van der Waals surface area (Å²) < 4.78 is 0. The lowest BCUT2D eigenvalue weighted by molar-refractivity contribution is -0.117. The Morgan fingerprint density at radius 3 is 2.36 bits per heavy atom. The summed E-state index contributed by atoms with van der Waals surface area (Å²) in [6.45, 7) is 4.75. The first kappa shape index (κ1) is 18.0. The molecule has 22 heavy (non-hydrogen) atoms. The van der Waals surface area contributed by atoms with Gasteiger partial charge in [0.1, 0.15) is 0 Å². The second-order valence-corrected chi connectivity index (χ2v) is 5.82. The highest BCUT2D eigenvalue weighted by atomic mass is 16.2. The third-order valence-corrected chi connectivity index (χ3v) is 3.19. The summed E-state index contributed by atoms with van der Waals surface area (Å²) in [4.78, 5) is 22.5. The molecule has 1 atom stereocenters. The van der Waals surface area contributed by atoms with Crippen LogP contribution in [0.4, 0.5) is 10.5 Å². The molecule has 6 heteroatoms. The molecule has 0 unspecified atom stereocenters. The maximum Gasteiger partial charge on any atom is 0.312 e. The van der Waals surface area contributed by atoms with Crippen LogP contribution in [0.2, 0.25) is 0 Å². The molecule has 6 nitrogen and oxygen atoms in total. The molecule has 1 rings (SSSR count). The van der Waals surface area contributed by atoms with Crippen molar-refractivity contribution in [3.8, 4) is 0 Å². The number of nitrogens with two attached hydrogens (primary N) is 2. The predicted octanol–water partition coefficient (Wildman–Crippen LogP) is 1.60. The summed E-state index contributed by atoms with van der Waals surface area (Å²) in [6, 6.07) is 6.62. The molecule has 122 valence electrons. The molecule has 1 aromatic carbocycles. The van der Waals surface area contributed by atoms with Gasteiger partial charge >= 0.3 is 6.03 Å². The molecular formula is C16H26N4O2. The van der Waals surface area contributed by atoms with Crippen molar-refractivity contribution < 1.29 is 9.59 Å². The van der Waals surface area contributed by atoms with Gasteiger partial charge in [-0.1, -0.05) is 26.0 Å². The lowest BCUT2D eigenvalue weighted by Crippen LogP contribution is -2.37. The molecule has 0 aliphatic heterocycles. The highest BCUT2D eigenvalue weighted by molar-refractivity contribution is 5.94. The monoisotopic (exact) mass is 306 g/mol. The Morgan fingerprint density at radius 1 is 1.18 bits per heavy atom. The molecular weight excluding hydrogens is 280 g/mol. The number of amides is 3. The highest BCUT2D eigenvalue weighted by Crippen LogP contribution is 2.13. The molecule has 0 saturated carbocycles. The molecule has 0 aliphatic carbocycles. The summed E-state index contributed by atoms with van der Waals surface area (Å²) >= 11 is 0. The normalized spacial score (nSPS) is 12.0. The van der Waals surface area contributed by atoms with E-state index in [-0.39, 0.29) is 5.91 Å². The Balaban J connectivity index is 2.38. The summed E-state index contributed by atoms with van der Waals surface area (Å²) in [5.41, 5.74) is 12.8. The van der Waals surface area contributed by atoms with Crippen molar-refractivity contribution in [2.75, 3.05) is 11.9 Å². The minimum absolute atomic E-state index is 0.226. The van der Waals surface area contributed by atoms with Crippen LogP contribution in [0.5, 0.6) is 0 Å². The van der Waals surface area contributed by atoms with Gasteiger partial charge in [-0.05, 0) is 42.9 Å². The number of hydrogen-bond donors (Lipinski definition) is 4. The Morgan fingerprint density at radius 2 is 1.82 bits per heavy atom. The van der Waals surface area contributed by atoms with Gasteiger partial charge in [0.25, 0.3) is 0 Å². The second kappa shape index (κ2) is 9.04. The van der Waals surface area contributed by atoms with Gasteiger partial charge in [-0.3, -0.25) is 4.79 Å². The number of nitrogens with one attached hydrogen (secondary N) is 2. The Hall–Kier alpha value is -2.08. The summed E-state index contributed by atoms with van der Waals surface area (Å²) in [5.74, 6) is 0.374. The van der Waals surface area contributed by atoms with Gasteiger partial charge in [0.2, 0.25) is 5.91 Å². The van der Waals surface area contributed by atoms with Crippen LogP contribution in [0.25, 0.3) is 0 Å². The lowest BCUT2D eigenvalue weighted by Gasteiger charge is -2.13. The van der Waals surface area contributed by atoms with Crippen LogP contribution in [0, 0.1) is 5.92 Å². The van der Waals surface area contributed by atoms with E-state index >= 15 is 0 Å². The molecule has 0 heterocycles. The number of rotatable bonds is 8. The van der Waals surface area contributed by atoms with Crippen molar-refractivity contribution in [2.24, 2.45) is 17.4 Å². The van der Waals surface area contributed by atoms with Gasteiger partial charge in [0.15, 0.2) is 0 Å². The number of carbonyl (C=O) groups excluding carboxylic acids is 2. The fourth-order valence-electron chi connectivity index (χ4n) is 2.10. The number of anilines is 1. The molecule has 0 fully saturated rings. The van der Waals surface area contributed by atoms with Crippen LogP contribution in [-0.2, 0) is 11.2 Å². The minimum atomic E-state index is -0.606. The predicted molar refractivity (Wildman–Crippen MR) is 88.4 cm³/mol. The maximum atomic E-state index is 12.0. The SMILES string of the molecule is CC(C)Cc1ccc(NC(=O)[C@@H](N)CCCNC(N)=O)cc1. The Labute approximate surface area is 131 Å². The first-order chi connectivity index (χ1) is 10.4. The standard InChI is InChI=1S/C16H26N4O2/c1-11(2)10-12-5-7-13(8-6-12)20-15(21)14(17)4-3-9-19-16(18)22/h5-8,11,14H,3-4,9-10,17H2,1-2H3,(H,20,21)(H3,18,19,22)/t14-/m0/s1. The zero-order valence-electron chi connectivity index (χ0n) is 13.3. The Kier molecular flexibility index (Phi) is 7.39. The first-order valence-electron chi connectivity index (χ1n) is 7.57. The van der Waals surface area contributed by atoms with E-state index in [4.69, 9.17) is 11.5 Å². The molecule has 0 spiro atoms. The van der Waals surface area contributed by atoms with Crippen molar-refractivity contribution in [3.63, 3.8) is 0 Å². The minimum Gasteiger partial charge on any atom is -0.352 e. The van der Waals surface area contributed by atoms with E-state index in [0.29, 0.717) is 25.3 Å². The van der Waals surface area contributed by atoms with Crippen LogP contribution in [-0.4, -0.2) is 24.5 Å². The third-order valence-electron chi connectivity index (χ3n) is 3.19. The van der Waals surface area contributed by atoms with Gasteiger partial charge in [-0.25, -0.2) is 4.79 Å². The number of hydrogen-bond acceptors (Lipinski definition) is 3. The molecule has 1 aromatic rings. The zero-order chi connectivity index (χ0) is 16.5. The number of benzene rings is 1. The quantitative estimate of drug-likeness (QED) is 0.547. The van der Waals surface area contributed by atoms with Crippen molar-refractivity contribution in [2.45, 2.75) is 39.2 Å². The third kappa shape index (κ3) is 7.08. The van der Waals surface area contributed by atoms with Crippen LogP contribution in [0.15, 0.2) is 24.3 Å². The number of urea groups is 1. The van der Waals surface area contributed by atoms with Crippen LogP contribution in [0.3, 0.4) is 0 Å². The zero-order valence-corrected chi connectivity index (χ0v) is 13.3. The van der Waals surface area contributed by atoms with Crippen LogP contribution in [0.1, 0.15) is 32.3 Å². The number of primary amides is 1. The fraction of sp³-hybridized carbons (Fsp3) is 0.500. The molecule has 0 aliphatic rings. The fourth-order valence-corrected chi connectivity index (χ4v) is 2.10. The lowest BCUT2D eigenvalue weighted by atomic mass is 10.0. The molecule has 0 saturated heterocycles. The van der Waals surface area contributed by atoms with E-state index in [0.717, 1.165) is 12.1 Å². The van der Waals surface area contributed by atoms with E-state index in [9.17, 15) is 9.59 Å². The molecule has 0 radical (unpaired) electrons. The van der Waals surface area contributed by atoms with E-state index in [2.05, 4.69) is 24.5 Å². The van der Waals surface area contributed by atoms with Gasteiger partial charge in [0.05, 0.1) is 6.04 Å². The Bertz CT molecular complexity index is 485. The number of carbonyl (C=O) groups is 2. The molecule has 6 N–H and O–H groups in total. The summed E-state index contributed by atoms with van der Waals surface area (Å²) in [6.07, 6.45) is 2.10. The van der Waals surface area contributed by atoms with Gasteiger partial charge in [-0.2, -0.15) is 0 Å². The van der Waals surface area contributed by atoms with Gasteiger partial charge in [-0.15, -0.1) is 0 Å². The van der Waals surface area contributed by atoms with Crippen molar-refractivity contribution >= 4 is 17.6 Å². The highest BCUT2D eigenvalue weighted by Gasteiger charge is 2.13. The largest absolute Gasteiger partial charge is 0.352 e.